The highest BCUT2D eigenvalue weighted by molar-refractivity contribution is 6.21. The van der Waals surface area contributed by atoms with Gasteiger partial charge in [0.25, 0.3) is 0 Å². The average molecular weight is 229 g/mol. The van der Waals surface area contributed by atoms with Gasteiger partial charge in [-0.25, -0.2) is 0 Å². The van der Waals surface area contributed by atoms with Gasteiger partial charge in [-0.3, -0.25) is 4.79 Å². The molecule has 82 valence electrons. The highest BCUT2D eigenvalue weighted by Gasteiger charge is 2.11. The van der Waals surface area contributed by atoms with Crippen LogP contribution >= 0.6 is 11.6 Å². The molecule has 0 saturated carbocycles. The van der Waals surface area contributed by atoms with E-state index in [9.17, 15) is 4.79 Å². The van der Waals surface area contributed by atoms with Crippen molar-refractivity contribution in [2.24, 2.45) is 0 Å². The molecule has 0 spiro atoms. The van der Waals surface area contributed by atoms with E-state index in [-0.39, 0.29) is 6.42 Å². The van der Waals surface area contributed by atoms with Crippen LogP contribution in [0.25, 0.3) is 0 Å². The van der Waals surface area contributed by atoms with Gasteiger partial charge >= 0.3 is 5.97 Å². The van der Waals surface area contributed by atoms with Crippen LogP contribution in [0.3, 0.4) is 0 Å². The van der Waals surface area contributed by atoms with Gasteiger partial charge in [0, 0.05) is 0 Å². The van der Waals surface area contributed by atoms with Gasteiger partial charge in [0.15, 0.2) is 0 Å². The summed E-state index contributed by atoms with van der Waals surface area (Å²) in [6, 6.07) is 7.14. The first-order valence-electron chi connectivity index (χ1n) is 4.72. The maximum atomic E-state index is 10.4. The van der Waals surface area contributed by atoms with E-state index in [0.29, 0.717) is 6.61 Å². The van der Waals surface area contributed by atoms with Crippen molar-refractivity contribution in [1.82, 2.24) is 0 Å². The second-order valence-electron chi connectivity index (χ2n) is 3.07. The monoisotopic (exact) mass is 228 g/mol. The van der Waals surface area contributed by atoms with Crippen molar-refractivity contribution in [3.8, 4) is 5.75 Å². The number of hydrogen-bond acceptors (Lipinski definition) is 2. The summed E-state index contributed by atoms with van der Waals surface area (Å²) in [6.45, 7) is 2.52. The minimum Gasteiger partial charge on any atom is -0.494 e. The lowest BCUT2D eigenvalue weighted by molar-refractivity contribution is -0.137. The molecule has 0 amide bonds. The zero-order chi connectivity index (χ0) is 11.3. The molecule has 0 heterocycles. The number of ether oxygens (including phenoxy) is 1. The standard InChI is InChI=1S/C11H13ClO3/c1-2-15-9-5-3-8(4-6-9)10(12)7-11(13)14/h3-6,10H,2,7H2,1H3,(H,13,14). The molecular formula is C11H13ClO3. The van der Waals surface area contributed by atoms with E-state index in [1.807, 2.05) is 6.92 Å². The maximum absolute atomic E-state index is 10.4. The number of carboxylic acid groups (broad SMARTS) is 1. The van der Waals surface area contributed by atoms with Gasteiger partial charge < -0.3 is 9.84 Å². The molecule has 1 atom stereocenters. The zero-order valence-corrected chi connectivity index (χ0v) is 9.20. The summed E-state index contributed by atoms with van der Waals surface area (Å²) >= 11 is 5.91. The van der Waals surface area contributed by atoms with Crippen molar-refractivity contribution in [2.75, 3.05) is 6.61 Å². The zero-order valence-electron chi connectivity index (χ0n) is 8.44. The number of aliphatic carboxylic acids is 1. The summed E-state index contributed by atoms with van der Waals surface area (Å²) in [5.41, 5.74) is 0.794. The number of rotatable bonds is 5. The average Bonchev–Trinajstić information content (AvgIpc) is 2.18. The largest absolute Gasteiger partial charge is 0.494 e. The van der Waals surface area contributed by atoms with Crippen molar-refractivity contribution in [1.29, 1.82) is 0 Å². The predicted molar refractivity (Wildman–Crippen MR) is 58.5 cm³/mol. The molecule has 1 unspecified atom stereocenters. The van der Waals surface area contributed by atoms with Crippen LogP contribution in [-0.4, -0.2) is 17.7 Å². The fourth-order valence-electron chi connectivity index (χ4n) is 1.21. The number of benzene rings is 1. The van der Waals surface area contributed by atoms with Crippen LogP contribution in [0.2, 0.25) is 0 Å². The third-order valence-corrected chi connectivity index (χ3v) is 2.31. The van der Waals surface area contributed by atoms with E-state index in [1.54, 1.807) is 24.3 Å². The number of carboxylic acids is 1. The summed E-state index contributed by atoms with van der Waals surface area (Å²) in [7, 11) is 0. The van der Waals surface area contributed by atoms with E-state index in [4.69, 9.17) is 21.4 Å². The fourth-order valence-corrected chi connectivity index (χ4v) is 1.49. The summed E-state index contributed by atoms with van der Waals surface area (Å²) in [4.78, 5) is 10.4. The van der Waals surface area contributed by atoms with E-state index < -0.39 is 11.3 Å². The summed E-state index contributed by atoms with van der Waals surface area (Å²) < 4.78 is 5.26. The van der Waals surface area contributed by atoms with E-state index >= 15 is 0 Å². The highest BCUT2D eigenvalue weighted by Crippen LogP contribution is 2.25. The van der Waals surface area contributed by atoms with Crippen LogP contribution in [0.4, 0.5) is 0 Å². The lowest BCUT2D eigenvalue weighted by Gasteiger charge is -2.08. The Bertz CT molecular complexity index is 321. The topological polar surface area (TPSA) is 46.5 Å². The number of carbonyl (C=O) groups is 1. The van der Waals surface area contributed by atoms with E-state index in [0.717, 1.165) is 11.3 Å². The lowest BCUT2D eigenvalue weighted by Crippen LogP contribution is -2.01. The van der Waals surface area contributed by atoms with Crippen molar-refractivity contribution < 1.29 is 14.6 Å². The molecule has 0 saturated heterocycles. The van der Waals surface area contributed by atoms with Crippen LogP contribution in [-0.2, 0) is 4.79 Å². The van der Waals surface area contributed by atoms with E-state index in [1.165, 1.54) is 0 Å². The summed E-state index contributed by atoms with van der Waals surface area (Å²) in [6.07, 6.45) is -0.0739. The Morgan fingerprint density at radius 3 is 2.53 bits per heavy atom. The maximum Gasteiger partial charge on any atom is 0.305 e. The molecule has 4 heteroatoms. The second kappa shape index (κ2) is 5.61. The molecule has 1 N–H and O–H groups in total. The van der Waals surface area contributed by atoms with E-state index in [2.05, 4.69) is 0 Å². The van der Waals surface area contributed by atoms with Crippen LogP contribution in [0, 0.1) is 0 Å². The van der Waals surface area contributed by atoms with Crippen molar-refractivity contribution >= 4 is 17.6 Å². The van der Waals surface area contributed by atoms with Crippen LogP contribution in [0.5, 0.6) is 5.75 Å². The Hall–Kier alpha value is -1.22. The molecular weight excluding hydrogens is 216 g/mol. The van der Waals surface area contributed by atoms with Gasteiger partial charge in [0.2, 0.25) is 0 Å². The normalized spacial score (nSPS) is 12.1. The van der Waals surface area contributed by atoms with Gasteiger partial charge in [-0.15, -0.1) is 11.6 Å². The Morgan fingerprint density at radius 1 is 1.47 bits per heavy atom. The van der Waals surface area contributed by atoms with Crippen molar-refractivity contribution in [3.63, 3.8) is 0 Å². The molecule has 0 fully saturated rings. The Balaban J connectivity index is 2.66. The SMILES string of the molecule is CCOc1ccc(C(Cl)CC(=O)O)cc1. The molecule has 15 heavy (non-hydrogen) atoms. The van der Waals surface area contributed by atoms with Gasteiger partial charge in [-0.2, -0.15) is 0 Å². The molecule has 1 aromatic carbocycles. The summed E-state index contributed by atoms with van der Waals surface area (Å²) in [5.74, 6) is -0.135. The Kier molecular flexibility index (Phi) is 4.43. The van der Waals surface area contributed by atoms with Crippen LogP contribution < -0.4 is 4.74 Å². The second-order valence-corrected chi connectivity index (χ2v) is 3.59. The third kappa shape index (κ3) is 3.80. The van der Waals surface area contributed by atoms with Gasteiger partial charge in [-0.1, -0.05) is 12.1 Å². The van der Waals surface area contributed by atoms with Crippen LogP contribution in [0.1, 0.15) is 24.3 Å². The fraction of sp³-hybridized carbons (Fsp3) is 0.364. The molecule has 0 radical (unpaired) electrons. The van der Waals surface area contributed by atoms with Crippen molar-refractivity contribution in [2.45, 2.75) is 18.7 Å². The summed E-state index contributed by atoms with van der Waals surface area (Å²) in [5, 5.41) is 8.09. The number of alkyl halides is 1. The molecule has 1 aromatic rings. The molecule has 0 aliphatic heterocycles. The van der Waals surface area contributed by atoms with Crippen molar-refractivity contribution in [3.05, 3.63) is 29.8 Å². The molecule has 0 aliphatic rings. The Morgan fingerprint density at radius 2 is 2.07 bits per heavy atom. The first kappa shape index (κ1) is 11.9. The molecule has 3 nitrogen and oxygen atoms in total. The smallest absolute Gasteiger partial charge is 0.305 e. The third-order valence-electron chi connectivity index (χ3n) is 1.91. The number of hydrogen-bond donors (Lipinski definition) is 1. The first-order valence-corrected chi connectivity index (χ1v) is 5.15. The predicted octanol–water partition coefficient (Wildman–Crippen LogP) is 2.84. The molecule has 1 rings (SSSR count). The highest BCUT2D eigenvalue weighted by atomic mass is 35.5. The quantitative estimate of drug-likeness (QED) is 0.789. The lowest BCUT2D eigenvalue weighted by atomic mass is 10.1. The molecule has 0 bridgehead atoms. The number of halogens is 1. The van der Waals surface area contributed by atoms with Gasteiger partial charge in [-0.05, 0) is 24.6 Å². The first-order chi connectivity index (χ1) is 7.13. The van der Waals surface area contributed by atoms with Gasteiger partial charge in [0.05, 0.1) is 18.4 Å². The molecule has 0 aromatic heterocycles. The minimum atomic E-state index is -0.899. The Labute approximate surface area is 93.6 Å². The minimum absolute atomic E-state index is 0.0739. The van der Waals surface area contributed by atoms with Gasteiger partial charge in [0.1, 0.15) is 5.75 Å². The van der Waals surface area contributed by atoms with Crippen LogP contribution in [0.15, 0.2) is 24.3 Å². The molecule has 0 aliphatic carbocycles.